The van der Waals surface area contributed by atoms with Crippen LogP contribution in [-0.2, 0) is 33.8 Å². The van der Waals surface area contributed by atoms with Gasteiger partial charge in [0.2, 0.25) is 15.9 Å². The Bertz CT molecular complexity index is 1140. The molecule has 0 aromatic heterocycles. The van der Waals surface area contributed by atoms with Gasteiger partial charge in [-0.05, 0) is 61.6 Å². The van der Waals surface area contributed by atoms with Crippen molar-refractivity contribution in [1.29, 1.82) is 0 Å². The zero-order chi connectivity index (χ0) is 23.8. The molecular weight excluding hydrogens is 455 g/mol. The fourth-order valence-corrected chi connectivity index (χ4v) is 6.09. The molecule has 4 rings (SSSR count). The molecule has 1 N–H and O–H groups in total. The predicted octanol–water partition coefficient (Wildman–Crippen LogP) is 3.53. The van der Waals surface area contributed by atoms with Crippen molar-refractivity contribution in [3.05, 3.63) is 59.2 Å². The predicted molar refractivity (Wildman–Crippen MR) is 118 cm³/mol. The van der Waals surface area contributed by atoms with E-state index in [9.17, 15) is 26.4 Å². The summed E-state index contributed by atoms with van der Waals surface area (Å²) in [4.78, 5) is 13.9. The second-order valence-corrected chi connectivity index (χ2v) is 10.3. The number of carbonyl (C=O) groups is 1. The summed E-state index contributed by atoms with van der Waals surface area (Å²) >= 11 is 0. The van der Waals surface area contributed by atoms with Crippen LogP contribution in [0.2, 0.25) is 0 Å². The second kappa shape index (κ2) is 9.08. The molecule has 33 heavy (non-hydrogen) atoms. The summed E-state index contributed by atoms with van der Waals surface area (Å²) < 4.78 is 66.9. The largest absolute Gasteiger partial charge is 0.417 e. The Hall–Kier alpha value is -2.43. The number of sulfonamides is 1. The summed E-state index contributed by atoms with van der Waals surface area (Å²) in [5, 5.41) is 2.92. The van der Waals surface area contributed by atoms with Gasteiger partial charge in [-0.3, -0.25) is 9.69 Å². The number of nitrogens with one attached hydrogen (secondary N) is 1. The smallest absolute Gasteiger partial charge is 0.325 e. The van der Waals surface area contributed by atoms with Crippen molar-refractivity contribution in [2.45, 2.75) is 43.3 Å². The Balaban J connectivity index is 1.40. The van der Waals surface area contributed by atoms with Crippen LogP contribution in [0.3, 0.4) is 0 Å². The molecule has 0 saturated carbocycles. The molecule has 6 nitrogen and oxygen atoms in total. The molecule has 2 aromatic rings. The quantitative estimate of drug-likeness (QED) is 0.710. The summed E-state index contributed by atoms with van der Waals surface area (Å²) in [6.45, 7) is 2.24. The number of aryl methyl sites for hydroxylation is 2. The summed E-state index contributed by atoms with van der Waals surface area (Å²) in [5.41, 5.74) is 2.12. The van der Waals surface area contributed by atoms with E-state index in [4.69, 9.17) is 0 Å². The SMILES string of the molecule is C[C@@H](C(=O)Nc1ccc2c(c1)CCC2)N1CCN(S(=O)(=O)c2ccccc2C(F)(F)F)CC1. The molecule has 2 aliphatic rings. The molecule has 1 saturated heterocycles. The first-order chi connectivity index (χ1) is 15.6. The van der Waals surface area contributed by atoms with Crippen LogP contribution in [0.25, 0.3) is 0 Å². The third kappa shape index (κ3) is 4.92. The molecule has 1 atom stereocenters. The van der Waals surface area contributed by atoms with Gasteiger partial charge in [-0.2, -0.15) is 17.5 Å². The van der Waals surface area contributed by atoms with Crippen molar-refractivity contribution in [1.82, 2.24) is 9.21 Å². The van der Waals surface area contributed by atoms with E-state index >= 15 is 0 Å². The van der Waals surface area contributed by atoms with Crippen LogP contribution in [0.4, 0.5) is 18.9 Å². The lowest BCUT2D eigenvalue weighted by atomic mass is 10.1. The number of halogens is 3. The zero-order valence-corrected chi connectivity index (χ0v) is 19.0. The number of nitrogens with zero attached hydrogens (tertiary/aromatic N) is 2. The maximum atomic E-state index is 13.3. The molecule has 10 heteroatoms. The molecule has 178 valence electrons. The molecule has 0 radical (unpaired) electrons. The van der Waals surface area contributed by atoms with Crippen LogP contribution in [0, 0.1) is 0 Å². The fraction of sp³-hybridized carbons (Fsp3) is 0.435. The number of benzene rings is 2. The Morgan fingerprint density at radius 3 is 2.36 bits per heavy atom. The first-order valence-corrected chi connectivity index (χ1v) is 12.3. The van der Waals surface area contributed by atoms with Gasteiger partial charge in [0.1, 0.15) is 0 Å². The van der Waals surface area contributed by atoms with Gasteiger partial charge in [0, 0.05) is 31.9 Å². The number of alkyl halides is 3. The number of anilines is 1. The van der Waals surface area contributed by atoms with E-state index in [0.29, 0.717) is 0 Å². The van der Waals surface area contributed by atoms with Crippen molar-refractivity contribution in [3.8, 4) is 0 Å². The van der Waals surface area contributed by atoms with Gasteiger partial charge in [-0.25, -0.2) is 8.42 Å². The van der Waals surface area contributed by atoms with E-state index in [-0.39, 0.29) is 32.1 Å². The minimum absolute atomic E-state index is 0.00495. The topological polar surface area (TPSA) is 69.7 Å². The Labute approximate surface area is 191 Å². The molecule has 1 amide bonds. The van der Waals surface area contributed by atoms with E-state index in [1.807, 2.05) is 23.1 Å². The van der Waals surface area contributed by atoms with Crippen molar-refractivity contribution in [2.24, 2.45) is 0 Å². The van der Waals surface area contributed by atoms with Crippen molar-refractivity contribution < 1.29 is 26.4 Å². The maximum absolute atomic E-state index is 13.3. The first kappa shape index (κ1) is 23.7. The lowest BCUT2D eigenvalue weighted by molar-refractivity contribution is -0.140. The third-order valence-electron chi connectivity index (χ3n) is 6.38. The molecule has 1 aliphatic carbocycles. The number of hydrogen-bond donors (Lipinski definition) is 1. The van der Waals surface area contributed by atoms with Crippen molar-refractivity contribution >= 4 is 21.6 Å². The summed E-state index contributed by atoms with van der Waals surface area (Å²) in [5.74, 6) is -0.202. The van der Waals surface area contributed by atoms with Crippen LogP contribution in [0.15, 0.2) is 47.4 Å². The Morgan fingerprint density at radius 1 is 1.00 bits per heavy atom. The van der Waals surface area contributed by atoms with Gasteiger partial charge in [0.05, 0.1) is 16.5 Å². The number of piperazine rings is 1. The molecule has 1 fully saturated rings. The minimum atomic E-state index is -4.77. The summed E-state index contributed by atoms with van der Waals surface area (Å²) in [7, 11) is -4.31. The van der Waals surface area contributed by atoms with Gasteiger partial charge >= 0.3 is 6.18 Å². The van der Waals surface area contributed by atoms with Crippen LogP contribution in [0.1, 0.15) is 30.0 Å². The molecule has 2 aromatic carbocycles. The van der Waals surface area contributed by atoms with Crippen LogP contribution in [0.5, 0.6) is 0 Å². The number of hydrogen-bond acceptors (Lipinski definition) is 4. The third-order valence-corrected chi connectivity index (χ3v) is 8.33. The number of fused-ring (bicyclic) bond motifs is 1. The minimum Gasteiger partial charge on any atom is -0.325 e. The highest BCUT2D eigenvalue weighted by Gasteiger charge is 2.40. The second-order valence-electron chi connectivity index (χ2n) is 8.44. The fourth-order valence-electron chi connectivity index (χ4n) is 4.46. The summed E-state index contributed by atoms with van der Waals surface area (Å²) in [6.07, 6.45) is -1.59. The Morgan fingerprint density at radius 2 is 1.67 bits per heavy atom. The van der Waals surface area contributed by atoms with Gasteiger partial charge in [0.15, 0.2) is 0 Å². The van der Waals surface area contributed by atoms with Gasteiger partial charge in [-0.1, -0.05) is 18.2 Å². The summed E-state index contributed by atoms with van der Waals surface area (Å²) in [6, 6.07) is 9.61. The molecule has 0 spiro atoms. The average Bonchev–Trinajstić information content (AvgIpc) is 3.26. The van der Waals surface area contributed by atoms with Gasteiger partial charge < -0.3 is 5.32 Å². The lowest BCUT2D eigenvalue weighted by Gasteiger charge is -2.37. The molecule has 0 bridgehead atoms. The molecule has 1 aliphatic heterocycles. The highest BCUT2D eigenvalue weighted by atomic mass is 32.2. The van der Waals surface area contributed by atoms with E-state index in [1.165, 1.54) is 23.3 Å². The standard InChI is InChI=1S/C23H26F3N3O3S/c1-16(22(30)27-19-10-9-17-5-4-6-18(17)15-19)28-11-13-29(14-12-28)33(31,32)21-8-3-2-7-20(21)23(24,25)26/h2-3,7-10,15-16H,4-6,11-14H2,1H3,(H,27,30)/t16-/m0/s1. The first-order valence-electron chi connectivity index (χ1n) is 10.9. The van der Waals surface area contributed by atoms with E-state index < -0.39 is 32.7 Å². The van der Waals surface area contributed by atoms with E-state index in [1.54, 1.807) is 6.92 Å². The van der Waals surface area contributed by atoms with Gasteiger partial charge in [0.25, 0.3) is 0 Å². The van der Waals surface area contributed by atoms with Gasteiger partial charge in [-0.15, -0.1) is 0 Å². The zero-order valence-electron chi connectivity index (χ0n) is 18.2. The average molecular weight is 482 g/mol. The highest BCUT2D eigenvalue weighted by molar-refractivity contribution is 7.89. The normalized spacial score (nSPS) is 18.7. The number of amides is 1. The lowest BCUT2D eigenvalue weighted by Crippen LogP contribution is -2.54. The number of carbonyl (C=O) groups excluding carboxylic acids is 1. The van der Waals surface area contributed by atoms with Crippen molar-refractivity contribution in [2.75, 3.05) is 31.5 Å². The molecular formula is C23H26F3N3O3S. The molecule has 1 heterocycles. The monoisotopic (exact) mass is 481 g/mol. The van der Waals surface area contributed by atoms with Crippen LogP contribution >= 0.6 is 0 Å². The van der Waals surface area contributed by atoms with E-state index in [0.717, 1.165) is 41.4 Å². The van der Waals surface area contributed by atoms with E-state index in [2.05, 4.69) is 5.32 Å². The number of rotatable bonds is 5. The Kier molecular flexibility index (Phi) is 6.52. The molecule has 0 unspecified atom stereocenters. The van der Waals surface area contributed by atoms with Crippen LogP contribution in [-0.4, -0.2) is 55.8 Å². The maximum Gasteiger partial charge on any atom is 0.417 e. The van der Waals surface area contributed by atoms with Crippen LogP contribution < -0.4 is 5.32 Å². The van der Waals surface area contributed by atoms with Crippen molar-refractivity contribution in [3.63, 3.8) is 0 Å². The highest BCUT2D eigenvalue weighted by Crippen LogP contribution is 2.35.